The molecule has 2 rings (SSSR count). The number of nitriles is 1. The normalized spacial score (nSPS) is 17.2. The van der Waals surface area contributed by atoms with Crippen LogP contribution in [0, 0.1) is 11.3 Å². The van der Waals surface area contributed by atoms with Gasteiger partial charge in [0.2, 0.25) is 0 Å². The van der Waals surface area contributed by atoms with Crippen molar-refractivity contribution in [1.82, 2.24) is 14.9 Å². The summed E-state index contributed by atoms with van der Waals surface area (Å²) in [7, 11) is 4.25. The van der Waals surface area contributed by atoms with Gasteiger partial charge in [-0.2, -0.15) is 5.26 Å². The van der Waals surface area contributed by atoms with E-state index in [4.69, 9.17) is 5.26 Å². The van der Waals surface area contributed by atoms with E-state index in [1.165, 1.54) is 6.20 Å². The Labute approximate surface area is 102 Å². The Morgan fingerprint density at radius 3 is 2.47 bits per heavy atom. The lowest BCUT2D eigenvalue weighted by Gasteiger charge is -2.35. The first kappa shape index (κ1) is 11.8. The molecule has 0 aliphatic carbocycles. The molecule has 0 radical (unpaired) electrons. The van der Waals surface area contributed by atoms with Crippen molar-refractivity contribution in [2.45, 2.75) is 18.9 Å². The lowest BCUT2D eigenvalue weighted by molar-refractivity contribution is 0.249. The molecule has 1 aromatic rings. The van der Waals surface area contributed by atoms with Gasteiger partial charge in [0.1, 0.15) is 11.9 Å². The third-order valence-electron chi connectivity index (χ3n) is 3.27. The van der Waals surface area contributed by atoms with Crippen LogP contribution >= 0.6 is 0 Å². The Morgan fingerprint density at radius 1 is 1.29 bits per heavy atom. The minimum atomic E-state index is 0.372. The molecule has 90 valence electrons. The molecule has 0 atom stereocenters. The van der Waals surface area contributed by atoms with Crippen LogP contribution in [0.25, 0.3) is 0 Å². The first-order chi connectivity index (χ1) is 8.20. The van der Waals surface area contributed by atoms with E-state index in [9.17, 15) is 0 Å². The summed E-state index contributed by atoms with van der Waals surface area (Å²) in [6.45, 7) is 2.01. The molecule has 0 spiro atoms. The molecule has 5 heteroatoms. The van der Waals surface area contributed by atoms with Crippen molar-refractivity contribution in [2.75, 3.05) is 32.1 Å². The van der Waals surface area contributed by atoms with E-state index in [0.717, 1.165) is 31.7 Å². The lowest BCUT2D eigenvalue weighted by Crippen LogP contribution is -2.42. The average Bonchev–Trinajstić information content (AvgIpc) is 2.39. The van der Waals surface area contributed by atoms with Crippen LogP contribution in [0.3, 0.4) is 0 Å². The van der Waals surface area contributed by atoms with Gasteiger partial charge in [0, 0.05) is 19.1 Å². The van der Waals surface area contributed by atoms with Crippen molar-refractivity contribution in [3.05, 3.63) is 18.1 Å². The molecule has 5 nitrogen and oxygen atoms in total. The van der Waals surface area contributed by atoms with Crippen LogP contribution in [0.1, 0.15) is 18.5 Å². The summed E-state index contributed by atoms with van der Waals surface area (Å²) >= 11 is 0. The van der Waals surface area contributed by atoms with Crippen molar-refractivity contribution in [3.8, 4) is 6.07 Å². The Kier molecular flexibility index (Phi) is 3.55. The smallest absolute Gasteiger partial charge is 0.158 e. The standard InChI is InChI=1S/C12H17N5/c1-16(2)11-3-5-17(6-4-11)12-9-14-10(7-13)8-15-12/h8-9,11H,3-6H2,1-2H3. The van der Waals surface area contributed by atoms with Gasteiger partial charge in [0.25, 0.3) is 0 Å². The van der Waals surface area contributed by atoms with Crippen molar-refractivity contribution in [3.63, 3.8) is 0 Å². The highest BCUT2D eigenvalue weighted by atomic mass is 15.2. The summed E-state index contributed by atoms with van der Waals surface area (Å²) < 4.78 is 0. The fourth-order valence-electron chi connectivity index (χ4n) is 2.15. The molecule has 0 saturated carbocycles. The van der Waals surface area contributed by atoms with Gasteiger partial charge >= 0.3 is 0 Å². The van der Waals surface area contributed by atoms with Gasteiger partial charge in [-0.05, 0) is 26.9 Å². The first-order valence-corrected chi connectivity index (χ1v) is 5.84. The van der Waals surface area contributed by atoms with E-state index in [1.54, 1.807) is 6.20 Å². The predicted octanol–water partition coefficient (Wildman–Crippen LogP) is 0.879. The van der Waals surface area contributed by atoms with Gasteiger partial charge in [-0.3, -0.25) is 0 Å². The fraction of sp³-hybridized carbons (Fsp3) is 0.583. The van der Waals surface area contributed by atoms with E-state index in [-0.39, 0.29) is 0 Å². The van der Waals surface area contributed by atoms with Gasteiger partial charge in [-0.25, -0.2) is 9.97 Å². The van der Waals surface area contributed by atoms with Crippen LogP contribution in [0.5, 0.6) is 0 Å². The van der Waals surface area contributed by atoms with Crippen molar-refractivity contribution in [1.29, 1.82) is 5.26 Å². The molecule has 0 bridgehead atoms. The maximum absolute atomic E-state index is 8.66. The SMILES string of the molecule is CN(C)C1CCN(c2cnc(C#N)cn2)CC1. The van der Waals surface area contributed by atoms with Crippen LogP contribution in [0.15, 0.2) is 12.4 Å². The number of hydrogen-bond donors (Lipinski definition) is 0. The van der Waals surface area contributed by atoms with Gasteiger partial charge in [0.15, 0.2) is 5.69 Å². The number of rotatable bonds is 2. The number of nitrogens with zero attached hydrogens (tertiary/aromatic N) is 5. The Hall–Kier alpha value is -1.67. The summed E-state index contributed by atoms with van der Waals surface area (Å²) in [6.07, 6.45) is 5.52. The van der Waals surface area contributed by atoms with E-state index in [2.05, 4.69) is 33.9 Å². The largest absolute Gasteiger partial charge is 0.355 e. The summed E-state index contributed by atoms with van der Waals surface area (Å²) in [5, 5.41) is 8.66. The highest BCUT2D eigenvalue weighted by Gasteiger charge is 2.21. The second-order valence-electron chi connectivity index (χ2n) is 4.55. The topological polar surface area (TPSA) is 56.0 Å². The zero-order valence-corrected chi connectivity index (χ0v) is 10.3. The zero-order chi connectivity index (χ0) is 12.3. The molecule has 0 aromatic carbocycles. The summed E-state index contributed by atoms with van der Waals surface area (Å²) in [5.74, 6) is 0.876. The van der Waals surface area contributed by atoms with Gasteiger partial charge < -0.3 is 9.80 Å². The van der Waals surface area contributed by atoms with Gasteiger partial charge in [-0.1, -0.05) is 0 Å². The Bertz CT molecular complexity index is 398. The second kappa shape index (κ2) is 5.11. The van der Waals surface area contributed by atoms with Crippen molar-refractivity contribution < 1.29 is 0 Å². The van der Waals surface area contributed by atoms with Crippen LogP contribution < -0.4 is 4.90 Å². The number of anilines is 1. The molecular formula is C12H17N5. The zero-order valence-electron chi connectivity index (χ0n) is 10.3. The van der Waals surface area contributed by atoms with Gasteiger partial charge in [-0.15, -0.1) is 0 Å². The molecule has 2 heterocycles. The first-order valence-electron chi connectivity index (χ1n) is 5.84. The second-order valence-corrected chi connectivity index (χ2v) is 4.55. The average molecular weight is 231 g/mol. The third-order valence-corrected chi connectivity index (χ3v) is 3.27. The van der Waals surface area contributed by atoms with Crippen molar-refractivity contribution >= 4 is 5.82 Å². The van der Waals surface area contributed by atoms with Crippen LogP contribution in [-0.4, -0.2) is 48.1 Å². The molecule has 1 aromatic heterocycles. The molecule has 0 N–H and O–H groups in total. The van der Waals surface area contributed by atoms with Crippen molar-refractivity contribution in [2.24, 2.45) is 0 Å². The molecular weight excluding hydrogens is 214 g/mol. The molecule has 1 fully saturated rings. The molecule has 1 aliphatic rings. The maximum Gasteiger partial charge on any atom is 0.158 e. The molecule has 0 unspecified atom stereocenters. The van der Waals surface area contributed by atoms with Gasteiger partial charge in [0.05, 0.1) is 12.4 Å². The summed E-state index contributed by atoms with van der Waals surface area (Å²) in [4.78, 5) is 12.8. The third kappa shape index (κ3) is 2.71. The Balaban J connectivity index is 1.98. The molecule has 0 amide bonds. The highest BCUT2D eigenvalue weighted by molar-refractivity contribution is 5.37. The molecule has 17 heavy (non-hydrogen) atoms. The van der Waals surface area contributed by atoms with Crippen LogP contribution in [0.4, 0.5) is 5.82 Å². The molecule has 1 aliphatic heterocycles. The van der Waals surface area contributed by atoms with Crippen LogP contribution in [-0.2, 0) is 0 Å². The van der Waals surface area contributed by atoms with E-state index in [0.29, 0.717) is 11.7 Å². The van der Waals surface area contributed by atoms with Crippen LogP contribution in [0.2, 0.25) is 0 Å². The van der Waals surface area contributed by atoms with E-state index < -0.39 is 0 Å². The quantitative estimate of drug-likeness (QED) is 0.756. The summed E-state index contributed by atoms with van der Waals surface area (Å²) in [6, 6.07) is 2.64. The number of hydrogen-bond acceptors (Lipinski definition) is 5. The van der Waals surface area contributed by atoms with E-state index in [1.807, 2.05) is 6.07 Å². The summed E-state index contributed by atoms with van der Waals surface area (Å²) in [5.41, 5.74) is 0.372. The molecule has 1 saturated heterocycles. The fourth-order valence-corrected chi connectivity index (χ4v) is 2.15. The minimum Gasteiger partial charge on any atom is -0.355 e. The highest BCUT2D eigenvalue weighted by Crippen LogP contribution is 2.18. The Morgan fingerprint density at radius 2 is 2.00 bits per heavy atom. The number of aromatic nitrogens is 2. The minimum absolute atomic E-state index is 0.372. The maximum atomic E-state index is 8.66. The van der Waals surface area contributed by atoms with E-state index >= 15 is 0 Å². The lowest BCUT2D eigenvalue weighted by atomic mass is 10.0. The monoisotopic (exact) mass is 231 g/mol. The predicted molar refractivity (Wildman–Crippen MR) is 65.7 cm³/mol. The number of piperidine rings is 1.